The Morgan fingerprint density at radius 1 is 1.28 bits per heavy atom. The van der Waals surface area contributed by atoms with E-state index in [0.29, 0.717) is 12.1 Å². The van der Waals surface area contributed by atoms with Crippen molar-refractivity contribution in [3.63, 3.8) is 0 Å². The van der Waals surface area contributed by atoms with E-state index in [9.17, 15) is 23.6 Å². The van der Waals surface area contributed by atoms with Crippen LogP contribution in [-0.2, 0) is 20.9 Å². The average molecular weight is 348 g/mol. The van der Waals surface area contributed by atoms with Gasteiger partial charge in [-0.25, -0.2) is 9.18 Å². The number of amides is 5. The van der Waals surface area contributed by atoms with E-state index in [1.165, 1.54) is 17.0 Å². The van der Waals surface area contributed by atoms with E-state index in [2.05, 4.69) is 10.6 Å². The van der Waals surface area contributed by atoms with Crippen LogP contribution < -0.4 is 10.6 Å². The molecule has 0 aromatic heterocycles. The van der Waals surface area contributed by atoms with Crippen LogP contribution in [0, 0.1) is 5.82 Å². The largest absolute Gasteiger partial charge is 0.350 e. The van der Waals surface area contributed by atoms with Crippen molar-refractivity contribution in [2.45, 2.75) is 19.0 Å². The molecule has 9 heteroatoms. The number of nitrogens with one attached hydrogen (secondary N) is 2. The molecule has 1 aromatic rings. The molecule has 0 bridgehead atoms. The number of imide groups is 1. The molecule has 25 heavy (non-hydrogen) atoms. The van der Waals surface area contributed by atoms with Crippen LogP contribution in [0.1, 0.15) is 12.0 Å². The molecule has 0 saturated carbocycles. The van der Waals surface area contributed by atoms with Crippen LogP contribution in [0.15, 0.2) is 24.3 Å². The average Bonchev–Trinajstić information content (AvgIpc) is 3.04. The summed E-state index contributed by atoms with van der Waals surface area (Å²) < 4.78 is 13.2. The van der Waals surface area contributed by atoms with Gasteiger partial charge >= 0.3 is 6.03 Å². The first-order valence-electron chi connectivity index (χ1n) is 7.82. The minimum absolute atomic E-state index is 0.116. The van der Waals surface area contributed by atoms with Gasteiger partial charge in [-0.05, 0) is 17.7 Å². The van der Waals surface area contributed by atoms with E-state index in [-0.39, 0.29) is 37.8 Å². The highest BCUT2D eigenvalue weighted by Gasteiger charge is 2.33. The first-order valence-corrected chi connectivity index (χ1v) is 7.82. The predicted molar refractivity (Wildman–Crippen MR) is 83.5 cm³/mol. The Kier molecular flexibility index (Phi) is 4.64. The summed E-state index contributed by atoms with van der Waals surface area (Å²) in [5, 5.41) is 4.98. The minimum atomic E-state index is -0.602. The molecule has 132 valence electrons. The highest BCUT2D eigenvalue weighted by Crippen LogP contribution is 2.16. The number of hydrogen-bond donors (Lipinski definition) is 2. The SMILES string of the molecule is O=C(CN1C(=O)CNC1=O)NC1CC(=O)N(Cc2cccc(F)c2)C1. The monoisotopic (exact) mass is 348 g/mol. The molecule has 5 amide bonds. The molecule has 0 radical (unpaired) electrons. The number of halogens is 1. The van der Waals surface area contributed by atoms with Crippen molar-refractivity contribution in [3.8, 4) is 0 Å². The van der Waals surface area contributed by atoms with Crippen LogP contribution in [0.4, 0.5) is 9.18 Å². The highest BCUT2D eigenvalue weighted by molar-refractivity contribution is 6.04. The van der Waals surface area contributed by atoms with E-state index < -0.39 is 23.9 Å². The lowest BCUT2D eigenvalue weighted by Crippen LogP contribution is -2.45. The van der Waals surface area contributed by atoms with Gasteiger partial charge in [0.05, 0.1) is 12.6 Å². The molecule has 2 aliphatic heterocycles. The highest BCUT2D eigenvalue weighted by atomic mass is 19.1. The number of urea groups is 1. The summed E-state index contributed by atoms with van der Waals surface area (Å²) in [7, 11) is 0. The Labute approximate surface area is 143 Å². The van der Waals surface area contributed by atoms with Gasteiger partial charge in [-0.3, -0.25) is 19.3 Å². The molecule has 1 atom stereocenters. The summed E-state index contributed by atoms with van der Waals surface area (Å²) in [5.74, 6) is -1.49. The van der Waals surface area contributed by atoms with Gasteiger partial charge in [-0.15, -0.1) is 0 Å². The smallest absolute Gasteiger partial charge is 0.325 e. The number of nitrogens with zero attached hydrogens (tertiary/aromatic N) is 2. The summed E-state index contributed by atoms with van der Waals surface area (Å²) >= 11 is 0. The lowest BCUT2D eigenvalue weighted by Gasteiger charge is -2.18. The van der Waals surface area contributed by atoms with Gasteiger partial charge in [0, 0.05) is 19.5 Å². The molecule has 2 aliphatic rings. The summed E-state index contributed by atoms with van der Waals surface area (Å²) in [6.45, 7) is 0.0614. The van der Waals surface area contributed by atoms with Crippen molar-refractivity contribution in [2.75, 3.05) is 19.6 Å². The van der Waals surface area contributed by atoms with Crippen LogP contribution in [0.2, 0.25) is 0 Å². The Morgan fingerprint density at radius 2 is 2.08 bits per heavy atom. The van der Waals surface area contributed by atoms with Gasteiger partial charge < -0.3 is 15.5 Å². The zero-order chi connectivity index (χ0) is 18.0. The van der Waals surface area contributed by atoms with Crippen molar-refractivity contribution < 1.29 is 23.6 Å². The molecular weight excluding hydrogens is 331 g/mol. The fraction of sp³-hybridized carbons (Fsp3) is 0.375. The van der Waals surface area contributed by atoms with E-state index >= 15 is 0 Å². The van der Waals surface area contributed by atoms with Crippen molar-refractivity contribution in [3.05, 3.63) is 35.6 Å². The van der Waals surface area contributed by atoms with Crippen LogP contribution >= 0.6 is 0 Å². The lowest BCUT2D eigenvalue weighted by molar-refractivity contribution is -0.131. The molecular formula is C16H17FN4O4. The molecule has 0 spiro atoms. The Hall–Kier alpha value is -2.97. The van der Waals surface area contributed by atoms with Gasteiger partial charge in [0.1, 0.15) is 12.4 Å². The van der Waals surface area contributed by atoms with Crippen molar-refractivity contribution in [1.82, 2.24) is 20.4 Å². The zero-order valence-corrected chi connectivity index (χ0v) is 13.3. The van der Waals surface area contributed by atoms with Gasteiger partial charge in [-0.1, -0.05) is 12.1 Å². The lowest BCUT2D eigenvalue weighted by atomic mass is 10.2. The van der Waals surface area contributed by atoms with Gasteiger partial charge in [0.2, 0.25) is 11.8 Å². The molecule has 1 unspecified atom stereocenters. The van der Waals surface area contributed by atoms with Crippen LogP contribution in [0.25, 0.3) is 0 Å². The molecule has 8 nitrogen and oxygen atoms in total. The first kappa shape index (κ1) is 16.9. The van der Waals surface area contributed by atoms with E-state index in [0.717, 1.165) is 4.90 Å². The maximum absolute atomic E-state index is 13.2. The van der Waals surface area contributed by atoms with Gasteiger partial charge in [-0.2, -0.15) is 0 Å². The van der Waals surface area contributed by atoms with E-state index in [1.807, 2.05) is 0 Å². The molecule has 2 saturated heterocycles. The third-order valence-corrected chi connectivity index (χ3v) is 4.08. The van der Waals surface area contributed by atoms with Crippen molar-refractivity contribution >= 4 is 23.8 Å². The van der Waals surface area contributed by atoms with E-state index in [4.69, 9.17) is 0 Å². The molecule has 0 aliphatic carbocycles. The van der Waals surface area contributed by atoms with Crippen molar-refractivity contribution in [1.29, 1.82) is 0 Å². The molecule has 1 aromatic carbocycles. The number of benzene rings is 1. The quantitative estimate of drug-likeness (QED) is 0.707. The Morgan fingerprint density at radius 3 is 2.76 bits per heavy atom. The standard InChI is InChI=1S/C16H17FN4O4/c17-11-3-1-2-10(4-11)7-20-8-12(5-14(20)23)19-13(22)9-21-15(24)6-18-16(21)25/h1-4,12H,5-9H2,(H,18,25)(H,19,22). The number of carbonyl (C=O) groups is 4. The second kappa shape index (κ2) is 6.88. The second-order valence-electron chi connectivity index (χ2n) is 6.01. The second-order valence-corrected chi connectivity index (χ2v) is 6.01. The van der Waals surface area contributed by atoms with E-state index in [1.54, 1.807) is 12.1 Å². The Bertz CT molecular complexity index is 723. The predicted octanol–water partition coefficient (Wildman–Crippen LogP) is -0.405. The van der Waals surface area contributed by atoms with Gasteiger partial charge in [0.25, 0.3) is 5.91 Å². The fourth-order valence-electron chi connectivity index (χ4n) is 2.91. The maximum atomic E-state index is 13.2. The molecule has 2 heterocycles. The zero-order valence-electron chi connectivity index (χ0n) is 13.3. The third kappa shape index (κ3) is 3.93. The number of rotatable bonds is 5. The van der Waals surface area contributed by atoms with Crippen LogP contribution in [-0.4, -0.2) is 59.2 Å². The number of carbonyl (C=O) groups excluding carboxylic acids is 4. The summed E-state index contributed by atoms with van der Waals surface area (Å²) in [6.07, 6.45) is 0.126. The molecule has 2 fully saturated rings. The van der Waals surface area contributed by atoms with Crippen LogP contribution in [0.3, 0.4) is 0 Å². The summed E-state index contributed by atoms with van der Waals surface area (Å²) in [4.78, 5) is 49.3. The Balaban J connectivity index is 1.53. The maximum Gasteiger partial charge on any atom is 0.325 e. The third-order valence-electron chi connectivity index (χ3n) is 4.08. The molecule has 2 N–H and O–H groups in total. The fourth-order valence-corrected chi connectivity index (χ4v) is 2.91. The summed E-state index contributed by atoms with van der Waals surface area (Å²) in [5.41, 5.74) is 0.666. The summed E-state index contributed by atoms with van der Waals surface area (Å²) in [6, 6.07) is 4.97. The topological polar surface area (TPSA) is 98.8 Å². The van der Waals surface area contributed by atoms with Crippen molar-refractivity contribution in [2.24, 2.45) is 0 Å². The molecule has 3 rings (SSSR count). The minimum Gasteiger partial charge on any atom is -0.350 e. The van der Waals surface area contributed by atoms with Gasteiger partial charge in [0.15, 0.2) is 0 Å². The normalized spacial score (nSPS) is 20.2. The number of hydrogen-bond acceptors (Lipinski definition) is 4. The van der Waals surface area contributed by atoms with Crippen LogP contribution in [0.5, 0.6) is 0 Å². The number of likely N-dealkylation sites (tertiary alicyclic amines) is 1. The first-order chi connectivity index (χ1) is 11.9.